The van der Waals surface area contributed by atoms with Crippen molar-refractivity contribution >= 4 is 34.8 Å². The van der Waals surface area contributed by atoms with E-state index in [4.69, 9.17) is 30.3 Å². The fourth-order valence-electron chi connectivity index (χ4n) is 2.33. The molecule has 0 aliphatic heterocycles. The van der Waals surface area contributed by atoms with Gasteiger partial charge in [-0.1, -0.05) is 33.1 Å². The van der Waals surface area contributed by atoms with Crippen molar-refractivity contribution in [2.24, 2.45) is 26.0 Å². The molecule has 0 bridgehead atoms. The smallest absolute Gasteiger partial charge is 0.323 e. The Morgan fingerprint density at radius 1 is 0.795 bits per heavy atom. The summed E-state index contributed by atoms with van der Waals surface area (Å²) in [7, 11) is 0. The number of hydrogen-bond acceptors (Lipinski definition) is 13. The van der Waals surface area contributed by atoms with Crippen LogP contribution in [0.5, 0.6) is 0 Å². The number of rotatable bonds is 6. The average Bonchev–Trinajstić information content (AvgIpc) is 2.97. The number of nitrogens with zero attached hydrogens (tertiary/aromatic N) is 5. The van der Waals surface area contributed by atoms with Crippen LogP contribution in [0.2, 0.25) is 0 Å². The summed E-state index contributed by atoms with van der Waals surface area (Å²) < 4.78 is 9.93. The first kappa shape index (κ1) is 39.7. The van der Waals surface area contributed by atoms with E-state index >= 15 is 0 Å². The predicted octanol–water partition coefficient (Wildman–Crippen LogP) is 4.09. The van der Waals surface area contributed by atoms with E-state index in [1.807, 2.05) is 18.2 Å². The monoisotopic (exact) mass is 595 g/mol. The van der Waals surface area contributed by atoms with Gasteiger partial charge in [0.25, 0.3) is 0 Å². The minimum absolute atomic E-state index is 0. The molecular weight excluding hydrogens is 557 g/mol. The van der Waals surface area contributed by atoms with Gasteiger partial charge in [0.05, 0.1) is 13.2 Å². The van der Waals surface area contributed by atoms with Crippen molar-refractivity contribution in [2.75, 3.05) is 13.2 Å². The van der Waals surface area contributed by atoms with E-state index in [1.165, 1.54) is 27.7 Å². The number of allylic oxidation sites excluding steroid dienone is 2. The van der Waals surface area contributed by atoms with E-state index in [0.29, 0.717) is 42.1 Å². The quantitative estimate of drug-likeness (QED) is 0.0935. The third-order valence-electron chi connectivity index (χ3n) is 4.84. The van der Waals surface area contributed by atoms with Gasteiger partial charge in [-0.15, -0.1) is 0 Å². The second-order valence-electron chi connectivity index (χ2n) is 7.40. The first-order valence-corrected chi connectivity index (χ1v) is 11.6. The molecule has 2 rings (SSSR count). The molecule has 4 N–H and O–H groups in total. The summed E-state index contributed by atoms with van der Waals surface area (Å²) in [5.74, 6) is -0.961. The Morgan fingerprint density at radius 3 is 1.38 bits per heavy atom. The molecule has 1 heterocycles. The number of ether oxygens (including phenoxy) is 2. The van der Waals surface area contributed by atoms with E-state index in [9.17, 15) is 9.59 Å². The van der Waals surface area contributed by atoms with Crippen molar-refractivity contribution in [3.05, 3.63) is 42.7 Å². The molecule has 1 aliphatic rings. The molecule has 1 aromatic heterocycles. The molecule has 0 atom stereocenters. The van der Waals surface area contributed by atoms with Crippen LogP contribution in [0.4, 0.5) is 0 Å². The van der Waals surface area contributed by atoms with Crippen molar-refractivity contribution in [1.29, 1.82) is 0 Å². The van der Waals surface area contributed by atoms with Gasteiger partial charge in [-0.05, 0) is 60.1 Å². The summed E-state index contributed by atoms with van der Waals surface area (Å²) in [6.07, 6.45) is 9.54. The molecule has 221 valence electrons. The minimum atomic E-state index is -1.14. The SMILES string of the molecule is CC(=N\O)/C(C)=N/O.CC(=N\O)/C(C)=N/O.CCOC(=O)C1(C(=O)OCC)CC=[C-]CC1.[Co].c1ccncc1. The zero-order valence-corrected chi connectivity index (χ0v) is 24.0. The molecule has 0 unspecified atom stereocenters. The largest absolute Gasteiger partial charge is 0.501 e. The zero-order valence-electron chi connectivity index (χ0n) is 23.0. The fraction of sp³-hybridized carbons (Fsp3) is 0.480. The third kappa shape index (κ3) is 16.6. The van der Waals surface area contributed by atoms with Crippen molar-refractivity contribution in [3.8, 4) is 0 Å². The Hall–Kier alpha value is -3.78. The van der Waals surface area contributed by atoms with Gasteiger partial charge < -0.3 is 36.4 Å². The van der Waals surface area contributed by atoms with Gasteiger partial charge in [-0.2, -0.15) is 6.42 Å². The molecule has 39 heavy (non-hydrogen) atoms. The fourth-order valence-corrected chi connectivity index (χ4v) is 2.33. The first-order chi connectivity index (χ1) is 18.1. The number of carbonyl (C=O) groups is 2. The molecule has 0 saturated carbocycles. The molecule has 1 aliphatic carbocycles. The predicted molar refractivity (Wildman–Crippen MR) is 141 cm³/mol. The van der Waals surface area contributed by atoms with Gasteiger partial charge >= 0.3 is 11.9 Å². The van der Waals surface area contributed by atoms with Crippen molar-refractivity contribution in [3.63, 3.8) is 0 Å². The summed E-state index contributed by atoms with van der Waals surface area (Å²) in [6, 6.07) is 5.72. The molecule has 14 heteroatoms. The number of aromatic nitrogens is 1. The Labute approximate surface area is 239 Å². The summed E-state index contributed by atoms with van der Waals surface area (Å²) >= 11 is 0. The second kappa shape index (κ2) is 24.5. The van der Waals surface area contributed by atoms with E-state index in [2.05, 4.69) is 31.7 Å². The molecular formula is C25H38CoN5O8-. The van der Waals surface area contributed by atoms with E-state index in [-0.39, 0.29) is 30.0 Å². The van der Waals surface area contributed by atoms with E-state index in [0.717, 1.165) is 0 Å². The van der Waals surface area contributed by atoms with E-state index in [1.54, 1.807) is 32.3 Å². The maximum Gasteiger partial charge on any atom is 0.323 e. The topological polar surface area (TPSA) is 196 Å². The summed E-state index contributed by atoms with van der Waals surface area (Å²) in [4.78, 5) is 27.5. The molecule has 0 fully saturated rings. The summed E-state index contributed by atoms with van der Waals surface area (Å²) in [5.41, 5.74) is 0.108. The molecule has 0 spiro atoms. The Kier molecular flexibility index (Phi) is 25.0. The minimum Gasteiger partial charge on any atom is -0.501 e. The van der Waals surface area contributed by atoms with Crippen molar-refractivity contribution in [1.82, 2.24) is 4.98 Å². The molecule has 0 aromatic carbocycles. The number of hydrogen-bond donors (Lipinski definition) is 4. The van der Waals surface area contributed by atoms with Crippen LogP contribution in [0.3, 0.4) is 0 Å². The Bertz CT molecular complexity index is 858. The van der Waals surface area contributed by atoms with Crippen LogP contribution in [-0.2, 0) is 35.8 Å². The van der Waals surface area contributed by atoms with Gasteiger partial charge in [-0.25, -0.2) is 0 Å². The maximum atomic E-state index is 11.9. The van der Waals surface area contributed by atoms with Crippen LogP contribution in [-0.4, -0.2) is 73.8 Å². The van der Waals surface area contributed by atoms with Crippen LogP contribution < -0.4 is 0 Å². The van der Waals surface area contributed by atoms with Crippen LogP contribution in [0.25, 0.3) is 0 Å². The molecule has 1 aromatic rings. The Morgan fingerprint density at radius 2 is 1.18 bits per heavy atom. The van der Waals surface area contributed by atoms with Crippen LogP contribution in [0, 0.1) is 11.5 Å². The van der Waals surface area contributed by atoms with Gasteiger partial charge in [0, 0.05) is 29.2 Å². The van der Waals surface area contributed by atoms with Gasteiger partial charge in [0.1, 0.15) is 22.8 Å². The average molecular weight is 596 g/mol. The van der Waals surface area contributed by atoms with Gasteiger partial charge in [0.15, 0.2) is 5.41 Å². The molecule has 13 nitrogen and oxygen atoms in total. The summed E-state index contributed by atoms with van der Waals surface area (Å²) in [5, 5.41) is 43.3. The number of pyridine rings is 1. The van der Waals surface area contributed by atoms with Gasteiger partial charge in [0.2, 0.25) is 0 Å². The third-order valence-corrected chi connectivity index (χ3v) is 4.84. The van der Waals surface area contributed by atoms with Crippen LogP contribution >= 0.6 is 0 Å². The van der Waals surface area contributed by atoms with Crippen LogP contribution in [0.15, 0.2) is 57.3 Å². The zero-order chi connectivity index (χ0) is 29.4. The first-order valence-electron chi connectivity index (χ1n) is 11.6. The van der Waals surface area contributed by atoms with E-state index < -0.39 is 17.4 Å². The maximum absolute atomic E-state index is 11.9. The summed E-state index contributed by atoms with van der Waals surface area (Å²) in [6.45, 7) is 10.1. The Balaban J connectivity index is -0.000000478. The van der Waals surface area contributed by atoms with Gasteiger partial charge in [-0.3, -0.25) is 20.6 Å². The second-order valence-corrected chi connectivity index (χ2v) is 7.40. The standard InChI is InChI=1S/C12H17O4.C5H5N.2C4H8N2O2.Co/c1-3-15-10(13)12(11(14)16-4-2)8-6-5-7-9-12;1-2-4-6-5-3-1;2*1-3(5-7)4(2)6-8;/h6H,3-4,7-9H2,1-2H3;1-5H;2*7-8H,1-2H3;/q-1;;;;/b;;2*5-3+,6-4+;. The number of esters is 2. The van der Waals surface area contributed by atoms with Crippen LogP contribution in [0.1, 0.15) is 60.8 Å². The van der Waals surface area contributed by atoms with Crippen molar-refractivity contribution in [2.45, 2.75) is 60.8 Å². The molecule has 0 saturated heterocycles. The van der Waals surface area contributed by atoms with Crippen molar-refractivity contribution < 1.29 is 56.7 Å². The number of carbonyl (C=O) groups excluding carboxylic acids is 2. The number of oxime groups is 4. The molecule has 1 radical (unpaired) electrons. The molecule has 0 amide bonds. The normalized spacial score (nSPS) is 14.4.